The van der Waals surface area contributed by atoms with Crippen LogP contribution in [-0.2, 0) is 18.4 Å². The third kappa shape index (κ3) is 6.01. The Balaban J connectivity index is 1.97. The second-order valence-corrected chi connectivity index (χ2v) is 9.19. The summed E-state index contributed by atoms with van der Waals surface area (Å²) in [4.78, 5) is 23.1. The van der Waals surface area contributed by atoms with Crippen molar-refractivity contribution in [3.63, 3.8) is 0 Å². The molecule has 0 fully saturated rings. The summed E-state index contributed by atoms with van der Waals surface area (Å²) in [6.45, 7) is 7.65. The van der Waals surface area contributed by atoms with E-state index in [-0.39, 0.29) is 23.6 Å². The maximum absolute atomic E-state index is 13.6. The van der Waals surface area contributed by atoms with Crippen molar-refractivity contribution in [1.82, 2.24) is 24.9 Å². The molecule has 1 amide bonds. The lowest BCUT2D eigenvalue weighted by atomic mass is 10.2. The summed E-state index contributed by atoms with van der Waals surface area (Å²) >= 11 is 1.50. The molecule has 190 valence electrons. The Bertz CT molecular complexity index is 1320. The number of halogens is 3. The molecule has 0 radical (unpaired) electrons. The van der Waals surface area contributed by atoms with Crippen LogP contribution in [0.15, 0.2) is 66.8 Å². The lowest BCUT2D eigenvalue weighted by Crippen LogP contribution is -2.37. The van der Waals surface area contributed by atoms with Crippen LogP contribution in [-0.4, -0.2) is 31.6 Å². The van der Waals surface area contributed by atoms with Crippen LogP contribution in [0.25, 0.3) is 16.3 Å². The van der Waals surface area contributed by atoms with Gasteiger partial charge >= 0.3 is 6.18 Å². The molecule has 0 aromatic carbocycles. The predicted molar refractivity (Wildman–Crippen MR) is 134 cm³/mol. The van der Waals surface area contributed by atoms with Crippen LogP contribution in [0.3, 0.4) is 0 Å². The molecule has 0 bridgehead atoms. The molecular weight excluding hydrogens is 491 g/mol. The van der Waals surface area contributed by atoms with E-state index >= 15 is 0 Å². The van der Waals surface area contributed by atoms with Crippen molar-refractivity contribution in [2.45, 2.75) is 26.6 Å². The number of alkyl halides is 3. The van der Waals surface area contributed by atoms with Gasteiger partial charge in [0, 0.05) is 42.1 Å². The highest BCUT2D eigenvalue weighted by atomic mass is 32.1. The lowest BCUT2D eigenvalue weighted by molar-refractivity contribution is -0.117. The number of hydrogen-bond acceptors (Lipinski definition) is 7. The highest BCUT2D eigenvalue weighted by Crippen LogP contribution is 2.34. The first-order valence-electron chi connectivity index (χ1n) is 10.7. The van der Waals surface area contributed by atoms with Gasteiger partial charge in [0.25, 0.3) is 5.91 Å². The number of nitrogens with one attached hydrogen (secondary N) is 1. The molecule has 36 heavy (non-hydrogen) atoms. The van der Waals surface area contributed by atoms with Gasteiger partial charge in [0.1, 0.15) is 5.70 Å². The number of rotatable bonds is 8. The minimum Gasteiger partial charge on any atom is -0.403 e. The van der Waals surface area contributed by atoms with Gasteiger partial charge in [-0.05, 0) is 43.7 Å². The largest absolute Gasteiger partial charge is 0.434 e. The molecule has 5 N–H and O–H groups in total. The van der Waals surface area contributed by atoms with Gasteiger partial charge in [0.05, 0.1) is 16.8 Å². The zero-order valence-electron chi connectivity index (χ0n) is 19.9. The van der Waals surface area contributed by atoms with Gasteiger partial charge < -0.3 is 15.6 Å². The second-order valence-electron chi connectivity index (χ2n) is 7.90. The fourth-order valence-electron chi connectivity index (χ4n) is 3.26. The second kappa shape index (κ2) is 10.8. The van der Waals surface area contributed by atoms with Gasteiger partial charge in [-0.2, -0.15) is 13.2 Å². The number of nitrogens with two attached hydrogens (primary N) is 2. The van der Waals surface area contributed by atoms with E-state index in [1.54, 1.807) is 29.9 Å². The lowest BCUT2D eigenvalue weighted by Gasteiger charge is -2.26. The number of carbonyl (C=O) groups excluding carboxylic acids is 1. The summed E-state index contributed by atoms with van der Waals surface area (Å²) in [7, 11) is 1.64. The summed E-state index contributed by atoms with van der Waals surface area (Å²) in [5, 5.41) is 3.02. The van der Waals surface area contributed by atoms with Gasteiger partial charge in [0.2, 0.25) is 0 Å². The number of thiophene rings is 1. The van der Waals surface area contributed by atoms with Crippen molar-refractivity contribution in [1.29, 1.82) is 0 Å². The molecule has 0 saturated heterocycles. The van der Waals surface area contributed by atoms with E-state index in [2.05, 4.69) is 21.9 Å². The molecule has 12 heteroatoms. The van der Waals surface area contributed by atoms with E-state index in [4.69, 9.17) is 11.6 Å². The highest BCUT2D eigenvalue weighted by Gasteiger charge is 2.39. The van der Waals surface area contributed by atoms with Crippen molar-refractivity contribution in [2.75, 3.05) is 0 Å². The average Bonchev–Trinajstić information content (AvgIpc) is 3.41. The van der Waals surface area contributed by atoms with Crippen molar-refractivity contribution in [2.24, 2.45) is 18.6 Å². The first-order valence-corrected chi connectivity index (χ1v) is 11.5. The van der Waals surface area contributed by atoms with Crippen LogP contribution >= 0.6 is 11.3 Å². The van der Waals surface area contributed by atoms with Gasteiger partial charge in [-0.25, -0.2) is 10.8 Å². The van der Waals surface area contributed by atoms with E-state index in [1.165, 1.54) is 17.5 Å². The third-order valence-electron chi connectivity index (χ3n) is 5.21. The van der Waals surface area contributed by atoms with E-state index in [0.717, 1.165) is 27.1 Å². The maximum atomic E-state index is 13.6. The minimum absolute atomic E-state index is 0.0823. The van der Waals surface area contributed by atoms with Crippen LogP contribution in [0.2, 0.25) is 0 Å². The number of amides is 1. The average molecular weight is 518 g/mol. The Morgan fingerprint density at radius 3 is 2.50 bits per heavy atom. The highest BCUT2D eigenvalue weighted by molar-refractivity contribution is 7.15. The Kier molecular flexibility index (Phi) is 8.00. The van der Waals surface area contributed by atoms with Gasteiger partial charge in [-0.1, -0.05) is 12.6 Å². The molecule has 0 unspecified atom stereocenters. The number of hydrazine groups is 1. The minimum atomic E-state index is -4.86. The number of nitrogens with zero attached hydrogens (tertiary/aromatic N) is 4. The summed E-state index contributed by atoms with van der Waals surface area (Å²) in [5.41, 5.74) is 5.82. The molecular formula is C24H26F3N7OS. The molecule has 0 spiro atoms. The molecule has 3 aromatic heterocycles. The number of hydrogen-bond donors (Lipinski definition) is 3. The van der Waals surface area contributed by atoms with Crippen molar-refractivity contribution in [3.05, 3.63) is 88.7 Å². The Morgan fingerprint density at radius 2 is 1.94 bits per heavy atom. The van der Waals surface area contributed by atoms with Gasteiger partial charge in [0.15, 0.2) is 11.5 Å². The number of aryl methyl sites for hydroxylation is 2. The number of pyridine rings is 1. The van der Waals surface area contributed by atoms with E-state index in [0.29, 0.717) is 16.9 Å². The molecule has 0 aliphatic rings. The predicted octanol–water partition coefficient (Wildman–Crippen LogP) is 3.91. The maximum Gasteiger partial charge on any atom is 0.434 e. The molecule has 0 saturated carbocycles. The molecule has 0 aliphatic heterocycles. The standard InChI is InChI=1S/C24H26F3N7OS/c1-14(23(35)32-12-17-7-5-15(2)30-11-17)9-18(34(29)21(10-28)24(25,26)27)22-31-13-19(33(22)4)20-8-6-16(3)36-20/h5-11,13H,1,12,28-29H2,2-4H3,(H,32,35)/b18-9+,21-10-. The molecule has 3 heterocycles. The molecule has 8 nitrogen and oxygen atoms in total. The van der Waals surface area contributed by atoms with E-state index in [9.17, 15) is 18.0 Å². The number of aromatic nitrogens is 3. The number of imidazole rings is 1. The molecule has 0 aliphatic carbocycles. The van der Waals surface area contributed by atoms with E-state index < -0.39 is 17.8 Å². The van der Waals surface area contributed by atoms with E-state index in [1.807, 2.05) is 26.0 Å². The first kappa shape index (κ1) is 26.7. The molecule has 3 aromatic rings. The zero-order valence-corrected chi connectivity index (χ0v) is 20.7. The van der Waals surface area contributed by atoms with Crippen LogP contribution in [0.5, 0.6) is 0 Å². The monoisotopic (exact) mass is 517 g/mol. The van der Waals surface area contributed by atoms with Crippen LogP contribution in [0.1, 0.15) is 22.0 Å². The fraction of sp³-hybridized carbons (Fsp3) is 0.208. The normalized spacial score (nSPS) is 12.5. The summed E-state index contributed by atoms with van der Waals surface area (Å²) in [6, 6.07) is 7.41. The Morgan fingerprint density at radius 1 is 1.22 bits per heavy atom. The Labute approximate surface area is 210 Å². The number of carbonyl (C=O) groups is 1. The fourth-order valence-corrected chi connectivity index (χ4v) is 4.17. The third-order valence-corrected chi connectivity index (χ3v) is 6.23. The molecule has 0 atom stereocenters. The smallest absolute Gasteiger partial charge is 0.403 e. The van der Waals surface area contributed by atoms with Crippen LogP contribution in [0.4, 0.5) is 13.2 Å². The first-order chi connectivity index (χ1) is 16.9. The van der Waals surface area contributed by atoms with Gasteiger partial charge in [-0.3, -0.25) is 14.8 Å². The van der Waals surface area contributed by atoms with Crippen LogP contribution in [0, 0.1) is 13.8 Å². The van der Waals surface area contributed by atoms with Crippen molar-refractivity contribution in [3.8, 4) is 10.6 Å². The van der Waals surface area contributed by atoms with Crippen molar-refractivity contribution >= 4 is 22.9 Å². The Hall–Kier alpha value is -3.90. The van der Waals surface area contributed by atoms with Crippen LogP contribution < -0.4 is 16.9 Å². The van der Waals surface area contributed by atoms with Crippen molar-refractivity contribution < 1.29 is 18.0 Å². The summed E-state index contributed by atoms with van der Waals surface area (Å²) in [6.07, 6.45) is -0.222. The quantitative estimate of drug-likeness (QED) is 0.181. The summed E-state index contributed by atoms with van der Waals surface area (Å²) in [5.74, 6) is 5.38. The van der Waals surface area contributed by atoms with Gasteiger partial charge in [-0.15, -0.1) is 11.3 Å². The summed E-state index contributed by atoms with van der Waals surface area (Å²) < 4.78 is 42.5. The zero-order chi connectivity index (χ0) is 26.6. The SMILES string of the molecule is C=C(/C=C(\c1ncc(-c2ccc(C)s2)n1C)N(N)/C(=C\N)C(F)(F)F)C(=O)NCc1ccc(C)nc1. The number of allylic oxidation sites excluding steroid dienone is 1. The molecule has 3 rings (SSSR count). The topological polar surface area (TPSA) is 115 Å².